The van der Waals surface area contributed by atoms with Gasteiger partial charge in [-0.2, -0.15) is 0 Å². The molecule has 0 amide bonds. The molecule has 0 aliphatic carbocycles. The summed E-state index contributed by atoms with van der Waals surface area (Å²) in [7, 11) is -4.42. The first-order chi connectivity index (χ1) is 8.83. The zero-order valence-corrected chi connectivity index (χ0v) is 13.0. The van der Waals surface area contributed by atoms with Gasteiger partial charge in [0.2, 0.25) is 0 Å². The molecule has 0 unspecified atom stereocenters. The third kappa shape index (κ3) is 19.2. The van der Waals surface area contributed by atoms with Gasteiger partial charge in [-0.3, -0.25) is 4.52 Å². The second-order valence-electron chi connectivity index (χ2n) is 3.46. The fourth-order valence-corrected chi connectivity index (χ4v) is 1.17. The lowest BCUT2D eigenvalue weighted by Crippen LogP contribution is -2.14. The van der Waals surface area contributed by atoms with Gasteiger partial charge in [-0.1, -0.05) is 6.58 Å². The number of carbonyl (C=O) groups is 1. The van der Waals surface area contributed by atoms with Crippen LogP contribution in [0.5, 0.6) is 0 Å². The van der Waals surface area contributed by atoms with Crippen molar-refractivity contribution >= 4 is 13.8 Å². The lowest BCUT2D eigenvalue weighted by atomic mass is 10.4. The lowest BCUT2D eigenvalue weighted by molar-refractivity contribution is -0.140. The van der Waals surface area contributed by atoms with Crippen LogP contribution in [0.2, 0.25) is 0 Å². The zero-order chi connectivity index (χ0) is 14.7. The Morgan fingerprint density at radius 3 is 1.86 bits per heavy atom. The molecule has 0 fully saturated rings. The van der Waals surface area contributed by atoms with Crippen LogP contribution in [0.4, 0.5) is 0 Å². The molecule has 0 spiro atoms. The SMILES string of the molecule is C=C(C)C(=O)OCCOCCOCCOP(=O)(O)O.N.N. The highest BCUT2D eigenvalue weighted by Gasteiger charge is 2.12. The highest BCUT2D eigenvalue weighted by Crippen LogP contribution is 2.35. The van der Waals surface area contributed by atoms with E-state index < -0.39 is 13.8 Å². The molecule has 0 bridgehead atoms. The number of hydrogen-bond donors (Lipinski definition) is 4. The van der Waals surface area contributed by atoms with Gasteiger partial charge >= 0.3 is 13.8 Å². The third-order valence-electron chi connectivity index (χ3n) is 1.67. The molecule has 0 aliphatic heterocycles. The number of phosphoric acid groups is 1. The minimum atomic E-state index is -4.42. The summed E-state index contributed by atoms with van der Waals surface area (Å²) < 4.78 is 29.3. The molecule has 0 aromatic carbocycles. The summed E-state index contributed by atoms with van der Waals surface area (Å²) in [6.45, 7) is 5.74. The first kappa shape index (κ1) is 25.1. The summed E-state index contributed by atoms with van der Waals surface area (Å²) in [6.07, 6.45) is 0. The molecule has 0 radical (unpaired) electrons. The van der Waals surface area contributed by atoms with Crippen molar-refractivity contribution in [1.29, 1.82) is 0 Å². The Kier molecular flexibility index (Phi) is 16.9. The van der Waals surface area contributed by atoms with Crippen LogP contribution in [0, 0.1) is 0 Å². The maximum absolute atomic E-state index is 11.0. The van der Waals surface area contributed by atoms with Gasteiger partial charge in [0, 0.05) is 5.57 Å². The summed E-state index contributed by atoms with van der Waals surface area (Å²) in [5.74, 6) is -0.463. The van der Waals surface area contributed by atoms with Crippen LogP contribution in [0.3, 0.4) is 0 Å². The largest absolute Gasteiger partial charge is 0.469 e. The van der Waals surface area contributed by atoms with E-state index in [0.29, 0.717) is 5.57 Å². The second kappa shape index (κ2) is 14.1. The third-order valence-corrected chi connectivity index (χ3v) is 2.19. The molecule has 0 saturated heterocycles. The Labute approximate surface area is 123 Å². The van der Waals surface area contributed by atoms with Crippen molar-refractivity contribution < 1.29 is 37.9 Å². The van der Waals surface area contributed by atoms with Gasteiger partial charge in [0.25, 0.3) is 0 Å². The van der Waals surface area contributed by atoms with Crippen LogP contribution in [0.1, 0.15) is 6.92 Å². The molecule has 0 saturated carbocycles. The van der Waals surface area contributed by atoms with E-state index in [2.05, 4.69) is 11.1 Å². The normalized spacial score (nSPS) is 10.2. The predicted molar refractivity (Wildman–Crippen MR) is 75.5 cm³/mol. The van der Waals surface area contributed by atoms with E-state index in [1.807, 2.05) is 0 Å². The van der Waals surface area contributed by atoms with Gasteiger partial charge in [-0.25, -0.2) is 9.36 Å². The molecule has 0 rings (SSSR count). The van der Waals surface area contributed by atoms with Gasteiger partial charge < -0.3 is 36.3 Å². The lowest BCUT2D eigenvalue weighted by Gasteiger charge is -2.07. The highest BCUT2D eigenvalue weighted by atomic mass is 31.2. The number of hydrogen-bond acceptors (Lipinski definition) is 8. The molecule has 0 aromatic heterocycles. The van der Waals surface area contributed by atoms with Gasteiger partial charge in [-0.15, -0.1) is 0 Å². The molecule has 0 aromatic rings. The van der Waals surface area contributed by atoms with E-state index in [0.717, 1.165) is 0 Å². The van der Waals surface area contributed by atoms with Crippen LogP contribution in [-0.2, 0) is 28.1 Å². The summed E-state index contributed by atoms with van der Waals surface area (Å²) in [6, 6.07) is 0. The van der Waals surface area contributed by atoms with Crippen LogP contribution < -0.4 is 12.3 Å². The molecule has 8 N–H and O–H groups in total. The number of carbonyl (C=O) groups excluding carboxylic acids is 1. The summed E-state index contributed by atoms with van der Waals surface area (Å²) in [5, 5.41) is 0. The number of esters is 1. The molecule has 11 heteroatoms. The van der Waals surface area contributed by atoms with E-state index in [1.165, 1.54) is 0 Å². The van der Waals surface area contributed by atoms with Crippen molar-refractivity contribution in [2.24, 2.45) is 0 Å². The summed E-state index contributed by atoms with van der Waals surface area (Å²) >= 11 is 0. The number of ether oxygens (including phenoxy) is 3. The smallest absolute Gasteiger partial charge is 0.460 e. The fraction of sp³-hybridized carbons (Fsp3) is 0.700. The molecule has 0 atom stereocenters. The molecular weight excluding hydrogens is 307 g/mol. The minimum Gasteiger partial charge on any atom is -0.460 e. The van der Waals surface area contributed by atoms with Crippen LogP contribution in [-0.4, -0.2) is 55.4 Å². The van der Waals surface area contributed by atoms with E-state index in [9.17, 15) is 9.36 Å². The van der Waals surface area contributed by atoms with E-state index >= 15 is 0 Å². The predicted octanol–water partition coefficient (Wildman–Crippen LogP) is 0.572. The van der Waals surface area contributed by atoms with Crippen LogP contribution >= 0.6 is 7.82 Å². The van der Waals surface area contributed by atoms with Crippen molar-refractivity contribution in [3.63, 3.8) is 0 Å². The summed E-state index contributed by atoms with van der Waals surface area (Å²) in [4.78, 5) is 27.7. The molecule has 21 heavy (non-hydrogen) atoms. The van der Waals surface area contributed by atoms with Crippen molar-refractivity contribution in [3.8, 4) is 0 Å². The van der Waals surface area contributed by atoms with Crippen LogP contribution in [0.15, 0.2) is 12.2 Å². The maximum Gasteiger partial charge on any atom is 0.469 e. The minimum absolute atomic E-state index is 0. The van der Waals surface area contributed by atoms with Gasteiger partial charge in [0.05, 0.1) is 33.0 Å². The quantitative estimate of drug-likeness (QED) is 0.180. The van der Waals surface area contributed by atoms with Gasteiger partial charge in [0.15, 0.2) is 0 Å². The van der Waals surface area contributed by atoms with Gasteiger partial charge in [0.1, 0.15) is 6.61 Å². The zero-order valence-electron chi connectivity index (χ0n) is 12.2. The Hall–Kier alpha value is -0.840. The van der Waals surface area contributed by atoms with Crippen molar-refractivity contribution in [3.05, 3.63) is 12.2 Å². The Balaban J connectivity index is -0.00000162. The van der Waals surface area contributed by atoms with Crippen molar-refractivity contribution in [2.45, 2.75) is 6.92 Å². The van der Waals surface area contributed by atoms with Crippen molar-refractivity contribution in [1.82, 2.24) is 12.3 Å². The second-order valence-corrected chi connectivity index (χ2v) is 4.70. The Morgan fingerprint density at radius 2 is 1.43 bits per heavy atom. The molecule has 0 heterocycles. The Morgan fingerprint density at radius 1 is 1.00 bits per heavy atom. The molecule has 0 aliphatic rings. The molecule has 128 valence electrons. The average Bonchev–Trinajstić information content (AvgIpc) is 2.29. The molecule has 10 nitrogen and oxygen atoms in total. The first-order valence-corrected chi connectivity index (χ1v) is 7.04. The topological polar surface area (TPSA) is 182 Å². The molecular formula is C10H25N2O8P. The van der Waals surface area contributed by atoms with E-state index in [1.54, 1.807) is 6.92 Å². The number of phosphoric ester groups is 1. The van der Waals surface area contributed by atoms with Crippen molar-refractivity contribution in [2.75, 3.05) is 39.6 Å². The van der Waals surface area contributed by atoms with E-state index in [-0.39, 0.29) is 51.9 Å². The average molecular weight is 332 g/mol. The van der Waals surface area contributed by atoms with E-state index in [4.69, 9.17) is 24.0 Å². The monoisotopic (exact) mass is 332 g/mol. The highest BCUT2D eigenvalue weighted by molar-refractivity contribution is 7.46. The van der Waals surface area contributed by atoms with Gasteiger partial charge in [-0.05, 0) is 6.92 Å². The number of rotatable bonds is 11. The fourth-order valence-electron chi connectivity index (χ4n) is 0.854. The Bertz CT molecular complexity index is 333. The van der Waals surface area contributed by atoms with Crippen LogP contribution in [0.25, 0.3) is 0 Å². The summed E-state index contributed by atoms with van der Waals surface area (Å²) in [5.41, 5.74) is 0.327. The first-order valence-electron chi connectivity index (χ1n) is 5.51. The maximum atomic E-state index is 11.0. The standard InChI is InChI=1S/C10H19O8P.2H3N/c1-9(2)10(11)17-7-5-15-3-4-16-6-8-18-19(12,13)14;;/h1,3-8H2,2H3,(H2,12,13,14);2*1H3.